The van der Waals surface area contributed by atoms with Gasteiger partial charge in [-0.25, -0.2) is 0 Å². The van der Waals surface area contributed by atoms with Gasteiger partial charge in [0.25, 0.3) is 0 Å². The van der Waals surface area contributed by atoms with Crippen molar-refractivity contribution in [1.29, 1.82) is 0 Å². The molecule has 1 saturated carbocycles. The first-order valence-corrected chi connectivity index (χ1v) is 9.10. The van der Waals surface area contributed by atoms with Crippen molar-refractivity contribution in [1.82, 2.24) is 15.5 Å². The molecule has 1 heterocycles. The molecular weight excluding hydrogens is 357 g/mol. The average Bonchev–Trinajstić information content (AvgIpc) is 2.62. The van der Waals surface area contributed by atoms with Crippen LogP contribution in [0.2, 0.25) is 0 Å². The van der Waals surface area contributed by atoms with Crippen molar-refractivity contribution in [2.45, 2.75) is 38.1 Å². The fraction of sp³-hybridized carbons (Fsp3) is 0.632. The Morgan fingerprint density at radius 2 is 1.72 bits per heavy atom. The van der Waals surface area contributed by atoms with E-state index in [-0.39, 0.29) is 36.8 Å². The number of amides is 1. The minimum absolute atomic E-state index is 0. The Kier molecular flexibility index (Phi) is 10.4. The van der Waals surface area contributed by atoms with E-state index in [0.717, 1.165) is 26.2 Å². The van der Waals surface area contributed by atoms with E-state index in [1.807, 2.05) is 6.07 Å². The molecule has 2 N–H and O–H groups in total. The van der Waals surface area contributed by atoms with Crippen LogP contribution in [0.3, 0.4) is 0 Å². The van der Waals surface area contributed by atoms with Crippen LogP contribution in [0, 0.1) is 5.92 Å². The first kappa shape index (κ1) is 22.2. The van der Waals surface area contributed by atoms with Gasteiger partial charge in [-0.1, -0.05) is 49.6 Å². The molecule has 1 atom stereocenters. The summed E-state index contributed by atoms with van der Waals surface area (Å²) in [6, 6.07) is 10.7. The Hall–Kier alpha value is -0.810. The van der Waals surface area contributed by atoms with Gasteiger partial charge in [-0.2, -0.15) is 0 Å². The molecule has 142 valence electrons. The highest BCUT2D eigenvalue weighted by molar-refractivity contribution is 5.85. The lowest BCUT2D eigenvalue weighted by Gasteiger charge is -2.33. The Labute approximate surface area is 163 Å². The quantitative estimate of drug-likeness (QED) is 0.815. The maximum atomic E-state index is 12.6. The largest absolute Gasteiger partial charge is 0.348 e. The third-order valence-corrected chi connectivity index (χ3v) is 5.17. The van der Waals surface area contributed by atoms with E-state index in [0.29, 0.717) is 12.5 Å². The van der Waals surface area contributed by atoms with Crippen LogP contribution in [0.25, 0.3) is 0 Å². The molecule has 0 radical (unpaired) electrons. The van der Waals surface area contributed by atoms with E-state index in [9.17, 15) is 4.79 Å². The zero-order valence-electron chi connectivity index (χ0n) is 14.8. The van der Waals surface area contributed by atoms with Crippen molar-refractivity contribution in [3.05, 3.63) is 35.9 Å². The third-order valence-electron chi connectivity index (χ3n) is 5.17. The van der Waals surface area contributed by atoms with Gasteiger partial charge >= 0.3 is 0 Å². The van der Waals surface area contributed by atoms with Crippen LogP contribution < -0.4 is 10.6 Å². The summed E-state index contributed by atoms with van der Waals surface area (Å²) in [5.41, 5.74) is 1.26. The van der Waals surface area contributed by atoms with E-state index in [1.54, 1.807) is 0 Å². The summed E-state index contributed by atoms with van der Waals surface area (Å²) in [6.07, 6.45) is 6.39. The Morgan fingerprint density at radius 3 is 2.36 bits per heavy atom. The lowest BCUT2D eigenvalue weighted by Crippen LogP contribution is -2.48. The van der Waals surface area contributed by atoms with Crippen molar-refractivity contribution in [3.8, 4) is 0 Å². The molecule has 0 bridgehead atoms. The Balaban J connectivity index is 0.00000156. The summed E-state index contributed by atoms with van der Waals surface area (Å²) in [6.45, 7) is 4.42. The van der Waals surface area contributed by atoms with Crippen LogP contribution >= 0.6 is 24.8 Å². The lowest BCUT2D eigenvalue weighted by molar-refractivity contribution is -0.123. The number of hydrogen-bond donors (Lipinski definition) is 2. The van der Waals surface area contributed by atoms with E-state index in [2.05, 4.69) is 39.8 Å². The number of nitrogens with one attached hydrogen (secondary N) is 2. The molecule has 1 unspecified atom stereocenters. The molecule has 6 heteroatoms. The SMILES string of the molecule is Cl.Cl.O=C(CN1CCNCC1)NC(c1ccccc1)C1CCCCC1. The number of carbonyl (C=O) groups excluding carboxylic acids is 1. The van der Waals surface area contributed by atoms with Gasteiger partial charge in [-0.15, -0.1) is 24.8 Å². The maximum Gasteiger partial charge on any atom is 0.234 e. The minimum atomic E-state index is 0. The molecular formula is C19H31Cl2N3O. The molecule has 1 aromatic rings. The number of rotatable bonds is 5. The first-order valence-electron chi connectivity index (χ1n) is 9.10. The van der Waals surface area contributed by atoms with Crippen LogP contribution in [0.1, 0.15) is 43.7 Å². The molecule has 2 aliphatic rings. The third kappa shape index (κ3) is 6.78. The van der Waals surface area contributed by atoms with Gasteiger partial charge in [-0.3, -0.25) is 9.69 Å². The number of benzene rings is 1. The smallest absolute Gasteiger partial charge is 0.234 e. The molecule has 1 saturated heterocycles. The molecule has 1 aliphatic heterocycles. The number of nitrogens with zero attached hydrogens (tertiary/aromatic N) is 1. The van der Waals surface area contributed by atoms with Crippen molar-refractivity contribution in [3.63, 3.8) is 0 Å². The van der Waals surface area contributed by atoms with E-state index >= 15 is 0 Å². The summed E-state index contributed by atoms with van der Waals surface area (Å²) in [5, 5.41) is 6.68. The number of halogens is 2. The van der Waals surface area contributed by atoms with E-state index in [4.69, 9.17) is 0 Å². The highest BCUT2D eigenvalue weighted by Gasteiger charge is 2.27. The second-order valence-electron chi connectivity index (χ2n) is 6.88. The highest BCUT2D eigenvalue weighted by Crippen LogP contribution is 2.34. The van der Waals surface area contributed by atoms with Gasteiger partial charge in [-0.05, 0) is 24.3 Å². The van der Waals surface area contributed by atoms with Crippen LogP contribution in [-0.4, -0.2) is 43.5 Å². The normalized spacial score (nSPS) is 20.0. The standard InChI is InChI=1S/C19H29N3O.2ClH/c23-18(15-22-13-11-20-12-14-22)21-19(16-7-3-1-4-8-16)17-9-5-2-6-10-17;;/h1,3-4,7-8,17,19-20H,2,5-6,9-15H2,(H,21,23);2*1H. The zero-order valence-corrected chi connectivity index (χ0v) is 16.4. The molecule has 1 amide bonds. The summed E-state index contributed by atoms with van der Waals surface area (Å²) >= 11 is 0. The van der Waals surface area contributed by atoms with Crippen LogP contribution in [-0.2, 0) is 4.79 Å². The molecule has 25 heavy (non-hydrogen) atoms. The fourth-order valence-electron chi connectivity index (χ4n) is 3.89. The number of hydrogen-bond acceptors (Lipinski definition) is 3. The van der Waals surface area contributed by atoms with Crippen LogP contribution in [0.15, 0.2) is 30.3 Å². The van der Waals surface area contributed by atoms with Crippen LogP contribution in [0.5, 0.6) is 0 Å². The second kappa shape index (κ2) is 11.7. The predicted molar refractivity (Wildman–Crippen MR) is 108 cm³/mol. The van der Waals surface area contributed by atoms with Gasteiger partial charge in [0.2, 0.25) is 5.91 Å². The van der Waals surface area contributed by atoms with Gasteiger partial charge < -0.3 is 10.6 Å². The monoisotopic (exact) mass is 387 g/mol. The fourth-order valence-corrected chi connectivity index (χ4v) is 3.89. The Morgan fingerprint density at radius 1 is 1.08 bits per heavy atom. The molecule has 2 fully saturated rings. The molecule has 0 aromatic heterocycles. The molecule has 0 spiro atoms. The predicted octanol–water partition coefficient (Wildman–Crippen LogP) is 3.17. The van der Waals surface area contributed by atoms with Gasteiger partial charge in [0.1, 0.15) is 0 Å². The second-order valence-corrected chi connectivity index (χ2v) is 6.88. The van der Waals surface area contributed by atoms with Gasteiger partial charge in [0.15, 0.2) is 0 Å². The average molecular weight is 388 g/mol. The molecule has 3 rings (SSSR count). The summed E-state index contributed by atoms with van der Waals surface area (Å²) < 4.78 is 0. The lowest BCUT2D eigenvalue weighted by atomic mass is 9.81. The molecule has 4 nitrogen and oxygen atoms in total. The first-order chi connectivity index (χ1) is 11.3. The van der Waals surface area contributed by atoms with Crippen molar-refractivity contribution < 1.29 is 4.79 Å². The van der Waals surface area contributed by atoms with Crippen LogP contribution in [0.4, 0.5) is 0 Å². The number of carbonyl (C=O) groups is 1. The summed E-state index contributed by atoms with van der Waals surface area (Å²) in [7, 11) is 0. The van der Waals surface area contributed by atoms with Gasteiger partial charge in [0, 0.05) is 26.2 Å². The Bertz CT molecular complexity index is 489. The van der Waals surface area contributed by atoms with Crippen molar-refractivity contribution >= 4 is 30.7 Å². The van der Waals surface area contributed by atoms with Gasteiger partial charge in [0.05, 0.1) is 12.6 Å². The highest BCUT2D eigenvalue weighted by atomic mass is 35.5. The van der Waals surface area contributed by atoms with Crippen molar-refractivity contribution in [2.24, 2.45) is 5.92 Å². The maximum absolute atomic E-state index is 12.6. The summed E-state index contributed by atoms with van der Waals surface area (Å²) in [4.78, 5) is 14.8. The minimum Gasteiger partial charge on any atom is -0.348 e. The zero-order chi connectivity index (χ0) is 15.9. The molecule has 1 aliphatic carbocycles. The van der Waals surface area contributed by atoms with E-state index in [1.165, 1.54) is 37.7 Å². The molecule has 1 aromatic carbocycles. The topological polar surface area (TPSA) is 44.4 Å². The van der Waals surface area contributed by atoms with Crippen molar-refractivity contribution in [2.75, 3.05) is 32.7 Å². The number of piperazine rings is 1. The summed E-state index contributed by atoms with van der Waals surface area (Å²) in [5.74, 6) is 0.754. The van der Waals surface area contributed by atoms with E-state index < -0.39 is 0 Å².